The normalized spacial score (nSPS) is 21.9. The van der Waals surface area contributed by atoms with E-state index in [4.69, 9.17) is 5.11 Å². The Labute approximate surface area is 94.1 Å². The molecule has 1 aromatic rings. The van der Waals surface area contributed by atoms with E-state index in [9.17, 15) is 4.79 Å². The van der Waals surface area contributed by atoms with E-state index in [1.807, 2.05) is 0 Å². The third-order valence-electron chi connectivity index (χ3n) is 2.86. The van der Waals surface area contributed by atoms with E-state index in [2.05, 4.69) is 14.9 Å². The molecule has 86 valence electrons. The molecule has 0 aliphatic carbocycles. The van der Waals surface area contributed by atoms with Crippen LogP contribution in [0.15, 0.2) is 18.6 Å². The SMILES string of the molecule is O=C(O)[C@H]1CCCN(Cc2cnccn2)C1. The largest absolute Gasteiger partial charge is 0.481 e. The second kappa shape index (κ2) is 5.03. The molecule has 5 heteroatoms. The van der Waals surface area contributed by atoms with Crippen LogP contribution in [0.3, 0.4) is 0 Å². The lowest BCUT2D eigenvalue weighted by molar-refractivity contribution is -0.143. The average Bonchev–Trinajstić information content (AvgIpc) is 2.30. The number of carboxylic acids is 1. The summed E-state index contributed by atoms with van der Waals surface area (Å²) in [7, 11) is 0. The van der Waals surface area contributed by atoms with Crippen LogP contribution in [0.2, 0.25) is 0 Å². The van der Waals surface area contributed by atoms with E-state index in [0.717, 1.165) is 25.1 Å². The highest BCUT2D eigenvalue weighted by atomic mass is 16.4. The summed E-state index contributed by atoms with van der Waals surface area (Å²) < 4.78 is 0. The molecule has 2 rings (SSSR count). The van der Waals surface area contributed by atoms with Crippen LogP contribution in [0.1, 0.15) is 18.5 Å². The molecule has 1 N–H and O–H groups in total. The van der Waals surface area contributed by atoms with Gasteiger partial charge in [-0.1, -0.05) is 0 Å². The Kier molecular flexibility index (Phi) is 3.46. The maximum atomic E-state index is 10.9. The lowest BCUT2D eigenvalue weighted by atomic mass is 9.98. The van der Waals surface area contributed by atoms with Gasteiger partial charge in [0.2, 0.25) is 0 Å². The Morgan fingerprint density at radius 3 is 3.12 bits per heavy atom. The van der Waals surface area contributed by atoms with Gasteiger partial charge in [0.25, 0.3) is 0 Å². The number of nitrogens with zero attached hydrogens (tertiary/aromatic N) is 3. The summed E-state index contributed by atoms with van der Waals surface area (Å²) in [6, 6.07) is 0. The maximum Gasteiger partial charge on any atom is 0.307 e. The second-order valence-corrected chi connectivity index (χ2v) is 4.11. The molecule has 0 spiro atoms. The van der Waals surface area contributed by atoms with Crippen molar-refractivity contribution < 1.29 is 9.90 Å². The monoisotopic (exact) mass is 221 g/mol. The fourth-order valence-electron chi connectivity index (χ4n) is 2.04. The molecular formula is C11H15N3O2. The zero-order valence-electron chi connectivity index (χ0n) is 9.04. The Bertz CT molecular complexity index is 356. The summed E-state index contributed by atoms with van der Waals surface area (Å²) in [5.74, 6) is -0.922. The van der Waals surface area contributed by atoms with Gasteiger partial charge >= 0.3 is 5.97 Å². The molecule has 1 aliphatic rings. The molecule has 0 saturated carbocycles. The van der Waals surface area contributed by atoms with Gasteiger partial charge in [0, 0.05) is 31.7 Å². The van der Waals surface area contributed by atoms with E-state index in [0.29, 0.717) is 13.1 Å². The Hall–Kier alpha value is -1.49. The van der Waals surface area contributed by atoms with Gasteiger partial charge in [0.15, 0.2) is 0 Å². The van der Waals surface area contributed by atoms with Crippen molar-refractivity contribution in [2.75, 3.05) is 13.1 Å². The highest BCUT2D eigenvalue weighted by Gasteiger charge is 2.25. The number of aliphatic carboxylic acids is 1. The van der Waals surface area contributed by atoms with Crippen molar-refractivity contribution in [3.63, 3.8) is 0 Å². The van der Waals surface area contributed by atoms with Gasteiger partial charge in [-0.3, -0.25) is 19.7 Å². The average molecular weight is 221 g/mol. The molecule has 1 aliphatic heterocycles. The Balaban J connectivity index is 1.93. The van der Waals surface area contributed by atoms with Gasteiger partial charge in [-0.05, 0) is 19.4 Å². The number of carboxylic acid groups (broad SMARTS) is 1. The van der Waals surface area contributed by atoms with Crippen molar-refractivity contribution in [1.82, 2.24) is 14.9 Å². The van der Waals surface area contributed by atoms with E-state index in [1.165, 1.54) is 0 Å². The summed E-state index contributed by atoms with van der Waals surface area (Å²) in [5, 5.41) is 8.97. The van der Waals surface area contributed by atoms with Crippen molar-refractivity contribution in [2.24, 2.45) is 5.92 Å². The van der Waals surface area contributed by atoms with E-state index in [-0.39, 0.29) is 5.92 Å². The minimum atomic E-state index is -0.691. The molecule has 2 heterocycles. The number of likely N-dealkylation sites (tertiary alicyclic amines) is 1. The molecule has 0 radical (unpaired) electrons. The lowest BCUT2D eigenvalue weighted by Crippen LogP contribution is -2.38. The maximum absolute atomic E-state index is 10.9. The first-order valence-electron chi connectivity index (χ1n) is 5.46. The lowest BCUT2D eigenvalue weighted by Gasteiger charge is -2.30. The molecule has 1 saturated heterocycles. The Morgan fingerprint density at radius 2 is 2.44 bits per heavy atom. The number of aromatic nitrogens is 2. The van der Waals surface area contributed by atoms with Crippen molar-refractivity contribution in [3.05, 3.63) is 24.3 Å². The number of hydrogen-bond acceptors (Lipinski definition) is 4. The highest BCUT2D eigenvalue weighted by Crippen LogP contribution is 2.17. The van der Waals surface area contributed by atoms with Gasteiger partial charge in [-0.15, -0.1) is 0 Å². The van der Waals surface area contributed by atoms with Crippen molar-refractivity contribution in [2.45, 2.75) is 19.4 Å². The van der Waals surface area contributed by atoms with Crippen LogP contribution in [-0.4, -0.2) is 39.0 Å². The van der Waals surface area contributed by atoms with E-state index in [1.54, 1.807) is 18.6 Å². The molecule has 5 nitrogen and oxygen atoms in total. The summed E-state index contributed by atoms with van der Waals surface area (Å²) in [4.78, 5) is 21.2. The van der Waals surface area contributed by atoms with Crippen LogP contribution in [0, 0.1) is 5.92 Å². The number of carbonyl (C=O) groups is 1. The first-order valence-corrected chi connectivity index (χ1v) is 5.46. The fourth-order valence-corrected chi connectivity index (χ4v) is 2.04. The van der Waals surface area contributed by atoms with Gasteiger partial charge in [-0.2, -0.15) is 0 Å². The molecule has 1 atom stereocenters. The number of piperidine rings is 1. The van der Waals surface area contributed by atoms with Crippen LogP contribution in [0.25, 0.3) is 0 Å². The zero-order chi connectivity index (χ0) is 11.4. The molecule has 0 amide bonds. The van der Waals surface area contributed by atoms with Gasteiger partial charge in [0.1, 0.15) is 0 Å². The van der Waals surface area contributed by atoms with Crippen molar-refractivity contribution in [3.8, 4) is 0 Å². The number of rotatable bonds is 3. The molecule has 0 bridgehead atoms. The van der Waals surface area contributed by atoms with E-state index < -0.39 is 5.97 Å². The summed E-state index contributed by atoms with van der Waals surface area (Å²) in [6.45, 7) is 2.25. The van der Waals surface area contributed by atoms with Crippen LogP contribution >= 0.6 is 0 Å². The molecule has 1 fully saturated rings. The van der Waals surface area contributed by atoms with Crippen molar-refractivity contribution in [1.29, 1.82) is 0 Å². The predicted octanol–water partition coefficient (Wildman–Crippen LogP) is 0.773. The smallest absolute Gasteiger partial charge is 0.307 e. The van der Waals surface area contributed by atoms with Crippen LogP contribution in [-0.2, 0) is 11.3 Å². The quantitative estimate of drug-likeness (QED) is 0.816. The molecule has 1 aromatic heterocycles. The molecular weight excluding hydrogens is 206 g/mol. The van der Waals surface area contributed by atoms with Gasteiger partial charge < -0.3 is 5.11 Å². The highest BCUT2D eigenvalue weighted by molar-refractivity contribution is 5.70. The Morgan fingerprint density at radius 1 is 1.56 bits per heavy atom. The first kappa shape index (κ1) is 11.0. The van der Waals surface area contributed by atoms with Crippen molar-refractivity contribution >= 4 is 5.97 Å². The predicted molar refractivity (Wildman–Crippen MR) is 57.7 cm³/mol. The third kappa shape index (κ3) is 2.76. The minimum absolute atomic E-state index is 0.231. The molecule has 16 heavy (non-hydrogen) atoms. The number of hydrogen-bond donors (Lipinski definition) is 1. The molecule has 0 unspecified atom stereocenters. The summed E-state index contributed by atoms with van der Waals surface area (Å²) in [6.07, 6.45) is 6.75. The standard InChI is InChI=1S/C11H15N3O2/c15-11(16)9-2-1-5-14(7-9)8-10-6-12-3-4-13-10/h3-4,6,9H,1-2,5,7-8H2,(H,15,16)/t9-/m0/s1. The minimum Gasteiger partial charge on any atom is -0.481 e. The van der Waals surface area contributed by atoms with Crippen LogP contribution < -0.4 is 0 Å². The van der Waals surface area contributed by atoms with E-state index >= 15 is 0 Å². The van der Waals surface area contributed by atoms with Gasteiger partial charge in [-0.25, -0.2) is 0 Å². The molecule has 0 aromatic carbocycles. The second-order valence-electron chi connectivity index (χ2n) is 4.11. The topological polar surface area (TPSA) is 66.3 Å². The zero-order valence-corrected chi connectivity index (χ0v) is 9.04. The van der Waals surface area contributed by atoms with Gasteiger partial charge in [0.05, 0.1) is 11.6 Å². The summed E-state index contributed by atoms with van der Waals surface area (Å²) >= 11 is 0. The fraction of sp³-hybridized carbons (Fsp3) is 0.545. The first-order chi connectivity index (χ1) is 7.75. The van der Waals surface area contributed by atoms with Crippen LogP contribution in [0.4, 0.5) is 0 Å². The third-order valence-corrected chi connectivity index (χ3v) is 2.86. The van der Waals surface area contributed by atoms with Crippen LogP contribution in [0.5, 0.6) is 0 Å². The summed E-state index contributed by atoms with van der Waals surface area (Å²) in [5.41, 5.74) is 0.897.